The fourth-order valence-corrected chi connectivity index (χ4v) is 9.46. The Hall–Kier alpha value is -5.23. The number of amides is 2. The molecule has 2 saturated heterocycles. The molecule has 2 aliphatic heterocycles. The van der Waals surface area contributed by atoms with E-state index in [4.69, 9.17) is 22.3 Å². The van der Waals surface area contributed by atoms with Crippen molar-refractivity contribution in [3.63, 3.8) is 0 Å². The number of anilines is 1. The molecule has 4 aromatic heterocycles. The van der Waals surface area contributed by atoms with Crippen molar-refractivity contribution in [1.82, 2.24) is 50.3 Å². The molecule has 69 heavy (non-hydrogen) atoms. The minimum atomic E-state index is -0.103. The Morgan fingerprint density at radius 1 is 0.667 bits per heavy atom. The minimum Gasteiger partial charge on any atom is -0.351 e. The van der Waals surface area contributed by atoms with Crippen LogP contribution in [0.5, 0.6) is 0 Å². The van der Waals surface area contributed by atoms with Crippen molar-refractivity contribution in [3.8, 4) is 22.5 Å². The van der Waals surface area contributed by atoms with Gasteiger partial charge in [-0.3, -0.25) is 9.59 Å². The van der Waals surface area contributed by atoms with Crippen LogP contribution >= 0.6 is 34.3 Å². The van der Waals surface area contributed by atoms with E-state index in [1.54, 1.807) is 18.6 Å². The van der Waals surface area contributed by atoms with Crippen molar-refractivity contribution in [2.75, 3.05) is 45.6 Å². The molecule has 6 aromatic rings. The number of hydrogen-bond acceptors (Lipinski definition) is 14. The molecule has 5 N–H and O–H groups in total. The number of nitrogens with zero attached hydrogens (tertiary/aromatic N) is 8. The molecule has 0 saturated carbocycles. The fourth-order valence-electron chi connectivity index (χ4n) is 7.53. The number of carbonyl (C=O) groups excluding carboxylic acids is 2. The Morgan fingerprint density at radius 2 is 1.12 bits per heavy atom. The largest absolute Gasteiger partial charge is 0.351 e. The summed E-state index contributed by atoms with van der Waals surface area (Å²) in [5.74, 6) is 0.492. The molecule has 0 bridgehead atoms. The average molecular weight is 994 g/mol. The van der Waals surface area contributed by atoms with E-state index in [0.717, 1.165) is 80.7 Å². The Morgan fingerprint density at radius 3 is 1.54 bits per heavy atom. The molecule has 2 aromatic carbocycles. The van der Waals surface area contributed by atoms with Gasteiger partial charge >= 0.3 is 0 Å². The van der Waals surface area contributed by atoms with Gasteiger partial charge in [-0.2, -0.15) is 0 Å². The van der Waals surface area contributed by atoms with E-state index in [0.29, 0.717) is 40.9 Å². The van der Waals surface area contributed by atoms with Gasteiger partial charge in [-0.15, -0.1) is 22.7 Å². The minimum absolute atomic E-state index is 0.0560. The van der Waals surface area contributed by atoms with E-state index in [9.17, 15) is 9.59 Å². The lowest BCUT2D eigenvalue weighted by atomic mass is 9.98. The average Bonchev–Trinajstić information content (AvgIpc) is 4.03. The molecule has 0 radical (unpaired) electrons. The predicted octanol–water partition coefficient (Wildman–Crippen LogP) is 9.47. The number of aromatic nitrogens is 6. The van der Waals surface area contributed by atoms with Gasteiger partial charge in [-0.25, -0.2) is 29.9 Å². The van der Waals surface area contributed by atoms with Gasteiger partial charge in [-0.05, 0) is 138 Å². The van der Waals surface area contributed by atoms with Crippen LogP contribution in [0.2, 0.25) is 5.28 Å². The molecular weight excluding hydrogens is 924 g/mol. The van der Waals surface area contributed by atoms with Gasteiger partial charge in [-0.1, -0.05) is 65.8 Å². The number of aryl methyl sites for hydroxylation is 2. The number of carbonyl (C=O) groups is 2. The molecule has 368 valence electrons. The normalized spacial score (nSPS) is 15.1. The Balaban J connectivity index is 0.000000199. The number of nitrogens with one attached hydrogen (secondary N) is 3. The summed E-state index contributed by atoms with van der Waals surface area (Å²) in [4.78, 5) is 57.1. The maximum Gasteiger partial charge on any atom is 0.263 e. The lowest BCUT2D eigenvalue weighted by Crippen LogP contribution is -2.37. The summed E-state index contributed by atoms with van der Waals surface area (Å²) in [6.45, 7) is 22.1. The third kappa shape index (κ3) is 15.9. The SMILES string of the molecule is CN1CCC(N)CC1.Cc1cc(-c2ccnc(Cl)n2)ccc1CNC(=O)c1cnc(C(C)(C)C)s1.Cc1cc(-c2ccnc(NC3CCN(C)CC3)n2)ccc1CNC(=O)c1cnc(C(C)(C)C)s1. The molecule has 0 unspecified atom stereocenters. The number of benzene rings is 2. The van der Waals surface area contributed by atoms with Crippen LogP contribution in [0.3, 0.4) is 0 Å². The quantitative estimate of drug-likeness (QED) is 0.0957. The summed E-state index contributed by atoms with van der Waals surface area (Å²) in [6.07, 6.45) is 11.3. The molecule has 2 aliphatic rings. The maximum atomic E-state index is 12.6. The van der Waals surface area contributed by atoms with Gasteiger partial charge in [0, 0.05) is 59.5 Å². The summed E-state index contributed by atoms with van der Waals surface area (Å²) >= 11 is 8.76. The maximum absolute atomic E-state index is 12.6. The highest BCUT2D eigenvalue weighted by Crippen LogP contribution is 2.29. The molecule has 2 amide bonds. The van der Waals surface area contributed by atoms with E-state index in [2.05, 4.69) is 131 Å². The van der Waals surface area contributed by atoms with Crippen LogP contribution in [0.1, 0.15) is 119 Å². The van der Waals surface area contributed by atoms with Crippen LogP contribution < -0.4 is 21.7 Å². The van der Waals surface area contributed by atoms with Gasteiger partial charge in [0.25, 0.3) is 11.8 Å². The highest BCUT2D eigenvalue weighted by Gasteiger charge is 2.22. The summed E-state index contributed by atoms with van der Waals surface area (Å²) in [5.41, 5.74) is 13.5. The van der Waals surface area contributed by atoms with Crippen molar-refractivity contribution < 1.29 is 9.59 Å². The highest BCUT2D eigenvalue weighted by molar-refractivity contribution is 7.14. The van der Waals surface area contributed by atoms with Crippen LogP contribution in [-0.4, -0.2) is 104 Å². The van der Waals surface area contributed by atoms with Crippen molar-refractivity contribution >= 4 is 52.0 Å². The third-order valence-electron chi connectivity index (χ3n) is 12.0. The molecule has 0 atom stereocenters. The third-order valence-corrected chi connectivity index (χ3v) is 15.0. The Bertz CT molecular complexity index is 2630. The van der Waals surface area contributed by atoms with Gasteiger partial charge in [0.1, 0.15) is 9.75 Å². The Labute approximate surface area is 421 Å². The summed E-state index contributed by atoms with van der Waals surface area (Å²) in [5, 5.41) is 11.6. The van der Waals surface area contributed by atoms with Crippen LogP contribution in [0.4, 0.5) is 5.95 Å². The first-order chi connectivity index (χ1) is 32.7. The number of halogens is 1. The van der Waals surface area contributed by atoms with Gasteiger partial charge in [0.2, 0.25) is 11.2 Å². The van der Waals surface area contributed by atoms with E-state index < -0.39 is 0 Å². The topological polar surface area (TPSA) is 180 Å². The molecule has 14 nitrogen and oxygen atoms in total. The zero-order chi connectivity index (χ0) is 49.9. The van der Waals surface area contributed by atoms with Crippen LogP contribution in [0.25, 0.3) is 22.5 Å². The zero-order valence-electron chi connectivity index (χ0n) is 41.8. The monoisotopic (exact) mass is 992 g/mol. The van der Waals surface area contributed by atoms with Crippen LogP contribution in [0.15, 0.2) is 73.3 Å². The van der Waals surface area contributed by atoms with E-state index >= 15 is 0 Å². The fraction of sp³-hybridized carbons (Fsp3) is 0.462. The first-order valence-corrected chi connectivity index (χ1v) is 25.6. The smallest absolute Gasteiger partial charge is 0.263 e. The second-order valence-electron chi connectivity index (χ2n) is 20.0. The van der Waals surface area contributed by atoms with E-state index in [1.807, 2.05) is 43.5 Å². The lowest BCUT2D eigenvalue weighted by Gasteiger charge is -2.29. The summed E-state index contributed by atoms with van der Waals surface area (Å²) < 4.78 is 0. The highest BCUT2D eigenvalue weighted by atomic mass is 35.5. The van der Waals surface area contributed by atoms with Gasteiger partial charge < -0.3 is 31.5 Å². The molecule has 0 aliphatic carbocycles. The molecule has 17 heteroatoms. The number of piperidine rings is 2. The Kier molecular flexibility index (Phi) is 18.5. The number of thiazole rings is 2. The summed E-state index contributed by atoms with van der Waals surface area (Å²) in [6, 6.07) is 16.9. The van der Waals surface area contributed by atoms with Crippen molar-refractivity contribution in [2.45, 2.75) is 117 Å². The molecular formula is C52H69ClN12O2S2. The van der Waals surface area contributed by atoms with E-state index in [-0.39, 0.29) is 27.9 Å². The second kappa shape index (κ2) is 24.1. The standard InChI is InChI=1S/C26H34N6OS.C20H21ClN4OS.C6H14N2/c1-17-14-18(21-8-11-27-25(31-21)30-20-9-12-32(5)13-10-20)6-7-19(17)15-28-23(33)22-16-29-24(34-22)26(2,3)4;1-12-9-13(15-7-8-22-19(21)25-15)5-6-14(12)10-23-17(26)16-11-24-18(27-16)20(2,3)4;1-8-4-2-6(7)3-5-8/h6-8,11,14,16,20H,9-10,12-13,15H2,1-5H3,(H,28,33)(H,27,30,31);5-9,11H,10H2,1-4H3,(H,23,26);6H,2-5,7H2,1H3. The van der Waals surface area contributed by atoms with Crippen LogP contribution in [0, 0.1) is 13.8 Å². The van der Waals surface area contributed by atoms with Crippen LogP contribution in [-0.2, 0) is 23.9 Å². The van der Waals surface area contributed by atoms with Gasteiger partial charge in [0.15, 0.2) is 0 Å². The lowest BCUT2D eigenvalue weighted by molar-refractivity contribution is 0.0946. The molecule has 6 heterocycles. The summed E-state index contributed by atoms with van der Waals surface area (Å²) in [7, 11) is 4.30. The molecule has 0 spiro atoms. The number of hydrogen-bond donors (Lipinski definition) is 4. The van der Waals surface area contributed by atoms with Crippen molar-refractivity contribution in [2.24, 2.45) is 5.73 Å². The molecule has 2 fully saturated rings. The second-order valence-corrected chi connectivity index (χ2v) is 22.4. The molecule has 8 rings (SSSR count). The first-order valence-electron chi connectivity index (χ1n) is 23.6. The van der Waals surface area contributed by atoms with Crippen molar-refractivity contribution in [1.29, 1.82) is 0 Å². The number of likely N-dealkylation sites (tertiary alicyclic amines) is 2. The first kappa shape index (κ1) is 53.1. The number of rotatable bonds is 10. The number of nitrogens with two attached hydrogens (primary N) is 1. The predicted molar refractivity (Wildman–Crippen MR) is 282 cm³/mol. The zero-order valence-corrected chi connectivity index (χ0v) is 44.2. The van der Waals surface area contributed by atoms with E-state index in [1.165, 1.54) is 48.6 Å². The van der Waals surface area contributed by atoms with Gasteiger partial charge in [0.05, 0.1) is 33.8 Å². The van der Waals surface area contributed by atoms with Crippen molar-refractivity contribution in [3.05, 3.63) is 121 Å².